The van der Waals surface area contributed by atoms with E-state index in [0.29, 0.717) is 11.4 Å². The van der Waals surface area contributed by atoms with Gasteiger partial charge in [0.05, 0.1) is 12.7 Å². The molecule has 3 aromatic rings. The van der Waals surface area contributed by atoms with E-state index in [0.717, 1.165) is 0 Å². The minimum absolute atomic E-state index is 0.0529. The summed E-state index contributed by atoms with van der Waals surface area (Å²) in [6.07, 6.45) is 0.814. The number of fused-ring (bicyclic) bond motifs is 1. The summed E-state index contributed by atoms with van der Waals surface area (Å²) >= 11 is 0. The highest BCUT2D eigenvalue weighted by molar-refractivity contribution is 5.77. The van der Waals surface area contributed by atoms with E-state index in [4.69, 9.17) is 10.5 Å². The number of nitrogen functional groups attached to an aromatic ring is 1. The summed E-state index contributed by atoms with van der Waals surface area (Å²) in [6.45, 7) is 2.85. The van der Waals surface area contributed by atoms with E-state index in [1.807, 2.05) is 0 Å². The quantitative estimate of drug-likeness (QED) is 0.481. The number of pyridine rings is 1. The van der Waals surface area contributed by atoms with Crippen LogP contribution in [0.3, 0.4) is 0 Å². The molecule has 3 atom stereocenters. The molecule has 0 saturated heterocycles. The van der Waals surface area contributed by atoms with E-state index in [2.05, 4.69) is 19.9 Å². The lowest BCUT2D eigenvalue weighted by Crippen LogP contribution is -2.32. The number of aliphatic hydroxyl groups is 2. The molecule has 0 amide bonds. The van der Waals surface area contributed by atoms with Crippen molar-refractivity contribution in [2.75, 3.05) is 12.3 Å². The normalized spacial score (nSPS) is 15.1. The number of H-pyrrole nitrogens is 1. The van der Waals surface area contributed by atoms with Crippen molar-refractivity contribution in [3.05, 3.63) is 34.9 Å². The molecule has 5 N–H and O–H groups in total. The number of aliphatic hydroxyl groups excluding tert-OH is 2. The van der Waals surface area contributed by atoms with Crippen LogP contribution >= 0.6 is 0 Å². The number of ether oxygens (including phenoxy) is 1. The molecule has 0 aliphatic carbocycles. The number of nitrogens with zero attached hydrogens (tertiary/aromatic N) is 4. The van der Waals surface area contributed by atoms with Crippen LogP contribution in [0.25, 0.3) is 22.6 Å². The molecule has 3 unspecified atom stereocenters. The Morgan fingerprint density at radius 2 is 2.15 bits per heavy atom. The maximum Gasteiger partial charge on any atom is 0.280 e. The van der Waals surface area contributed by atoms with Crippen LogP contribution in [0.5, 0.6) is 0 Å². The number of imidazole rings is 1. The van der Waals surface area contributed by atoms with E-state index in [1.54, 1.807) is 36.0 Å². The van der Waals surface area contributed by atoms with Gasteiger partial charge in [-0.05, 0) is 26.0 Å². The summed E-state index contributed by atoms with van der Waals surface area (Å²) in [7, 11) is 0. The number of anilines is 1. The van der Waals surface area contributed by atoms with Gasteiger partial charge in [-0.1, -0.05) is 0 Å². The predicted molar refractivity (Wildman–Crippen MR) is 94.1 cm³/mol. The van der Waals surface area contributed by atoms with Gasteiger partial charge in [-0.25, -0.2) is 4.98 Å². The second-order valence-electron chi connectivity index (χ2n) is 5.87. The fourth-order valence-corrected chi connectivity index (χ4v) is 2.67. The molecule has 0 aliphatic rings. The maximum atomic E-state index is 12.2. The molecule has 138 valence electrons. The summed E-state index contributed by atoms with van der Waals surface area (Å²) in [5.74, 6) is 0.356. The fourth-order valence-electron chi connectivity index (χ4n) is 2.67. The molecule has 0 spiro atoms. The van der Waals surface area contributed by atoms with Gasteiger partial charge in [0.15, 0.2) is 11.2 Å². The van der Waals surface area contributed by atoms with Gasteiger partial charge in [-0.2, -0.15) is 4.98 Å². The molecular weight excluding hydrogens is 340 g/mol. The summed E-state index contributed by atoms with van der Waals surface area (Å²) in [5, 5.41) is 19.2. The molecule has 0 aromatic carbocycles. The lowest BCUT2D eigenvalue weighted by molar-refractivity contribution is -0.110. The zero-order valence-corrected chi connectivity index (χ0v) is 14.3. The molecule has 0 bridgehead atoms. The molecule has 0 radical (unpaired) electrons. The van der Waals surface area contributed by atoms with Gasteiger partial charge in [0.25, 0.3) is 5.56 Å². The molecule has 3 heterocycles. The number of nitrogens with two attached hydrogens (primary N) is 1. The summed E-state index contributed by atoms with van der Waals surface area (Å²) in [5.41, 5.74) is 6.19. The van der Waals surface area contributed by atoms with Crippen molar-refractivity contribution in [3.8, 4) is 11.4 Å². The Morgan fingerprint density at radius 3 is 2.77 bits per heavy atom. The first-order valence-electron chi connectivity index (χ1n) is 8.05. The van der Waals surface area contributed by atoms with Crippen LogP contribution in [0, 0.1) is 0 Å². The molecule has 3 aromatic heterocycles. The number of aromatic amines is 1. The van der Waals surface area contributed by atoms with Crippen molar-refractivity contribution >= 4 is 17.1 Å². The molecule has 26 heavy (non-hydrogen) atoms. The van der Waals surface area contributed by atoms with Crippen LogP contribution in [0.1, 0.15) is 20.1 Å². The third kappa shape index (κ3) is 3.29. The first-order valence-corrected chi connectivity index (χ1v) is 8.05. The maximum absolute atomic E-state index is 12.2. The first-order chi connectivity index (χ1) is 12.4. The van der Waals surface area contributed by atoms with Crippen LogP contribution in [-0.2, 0) is 4.74 Å². The van der Waals surface area contributed by atoms with E-state index in [1.165, 1.54) is 6.92 Å². The van der Waals surface area contributed by atoms with Gasteiger partial charge in [-0.15, -0.1) is 0 Å². The SMILES string of the molecule is CC(O)C(CO)OC(C)n1c(-c2cccnc2)nc2c(=O)[nH]c(N)nc21. The highest BCUT2D eigenvalue weighted by atomic mass is 16.5. The number of nitrogens with one attached hydrogen (secondary N) is 1. The smallest absolute Gasteiger partial charge is 0.280 e. The molecule has 3 rings (SSSR count). The Bertz CT molecular complexity index is 953. The highest BCUT2D eigenvalue weighted by Gasteiger charge is 2.25. The monoisotopic (exact) mass is 360 g/mol. The molecular formula is C16H20N6O4. The van der Waals surface area contributed by atoms with Crippen molar-refractivity contribution in [1.82, 2.24) is 24.5 Å². The zero-order chi connectivity index (χ0) is 18.8. The number of hydrogen-bond acceptors (Lipinski definition) is 8. The largest absolute Gasteiger partial charge is 0.394 e. The van der Waals surface area contributed by atoms with E-state index in [9.17, 15) is 15.0 Å². The van der Waals surface area contributed by atoms with Gasteiger partial charge in [0.1, 0.15) is 18.2 Å². The second kappa shape index (κ2) is 7.20. The Morgan fingerprint density at radius 1 is 1.38 bits per heavy atom. The van der Waals surface area contributed by atoms with Gasteiger partial charge in [0, 0.05) is 18.0 Å². The molecule has 0 fully saturated rings. The van der Waals surface area contributed by atoms with Crippen LogP contribution in [0.4, 0.5) is 5.95 Å². The van der Waals surface area contributed by atoms with Crippen molar-refractivity contribution in [2.45, 2.75) is 32.3 Å². The van der Waals surface area contributed by atoms with E-state index < -0.39 is 24.0 Å². The Labute approximate surface area is 148 Å². The highest BCUT2D eigenvalue weighted by Crippen LogP contribution is 2.27. The minimum Gasteiger partial charge on any atom is -0.394 e. The fraction of sp³-hybridized carbons (Fsp3) is 0.375. The van der Waals surface area contributed by atoms with E-state index in [-0.39, 0.29) is 23.7 Å². The number of hydrogen-bond donors (Lipinski definition) is 4. The summed E-state index contributed by atoms with van der Waals surface area (Å²) in [4.78, 5) is 27.3. The Hall–Kier alpha value is -2.82. The molecule has 10 nitrogen and oxygen atoms in total. The lowest BCUT2D eigenvalue weighted by Gasteiger charge is -2.25. The van der Waals surface area contributed by atoms with Gasteiger partial charge in [0.2, 0.25) is 5.95 Å². The van der Waals surface area contributed by atoms with Crippen LogP contribution < -0.4 is 11.3 Å². The topological polar surface area (TPSA) is 152 Å². The second-order valence-corrected chi connectivity index (χ2v) is 5.87. The van der Waals surface area contributed by atoms with Crippen molar-refractivity contribution in [2.24, 2.45) is 0 Å². The third-order valence-corrected chi connectivity index (χ3v) is 3.94. The van der Waals surface area contributed by atoms with Gasteiger partial charge in [-0.3, -0.25) is 19.3 Å². The average molecular weight is 360 g/mol. The first kappa shape index (κ1) is 18.0. The van der Waals surface area contributed by atoms with Crippen molar-refractivity contribution in [3.63, 3.8) is 0 Å². The minimum atomic E-state index is -0.888. The van der Waals surface area contributed by atoms with E-state index >= 15 is 0 Å². The molecule has 10 heteroatoms. The number of aromatic nitrogens is 5. The number of rotatable bonds is 6. The van der Waals surface area contributed by atoms with Crippen molar-refractivity contribution < 1.29 is 14.9 Å². The predicted octanol–water partition coefficient (Wildman–Crippen LogP) is 0.0406. The van der Waals surface area contributed by atoms with Crippen LogP contribution in [0.2, 0.25) is 0 Å². The zero-order valence-electron chi connectivity index (χ0n) is 14.3. The summed E-state index contributed by atoms with van der Waals surface area (Å²) < 4.78 is 7.35. The standard InChI is InChI=1S/C16H20N6O4/c1-8(24)11(7-23)26-9(2)22-13(10-4-3-5-18-6-10)19-12-14(22)20-16(17)21-15(12)25/h3-6,8-9,11,23-24H,7H2,1-2H3,(H3,17,20,21,25). The Balaban J connectivity index is 2.19. The molecule has 0 aliphatic heterocycles. The summed E-state index contributed by atoms with van der Waals surface area (Å²) in [6, 6.07) is 3.52. The van der Waals surface area contributed by atoms with Gasteiger partial charge < -0.3 is 20.7 Å². The Kier molecular flexibility index (Phi) is 4.98. The van der Waals surface area contributed by atoms with Gasteiger partial charge >= 0.3 is 0 Å². The van der Waals surface area contributed by atoms with Crippen LogP contribution in [0.15, 0.2) is 29.3 Å². The van der Waals surface area contributed by atoms with Crippen LogP contribution in [-0.4, -0.2) is 53.5 Å². The lowest BCUT2D eigenvalue weighted by atomic mass is 10.2. The third-order valence-electron chi connectivity index (χ3n) is 3.94. The van der Waals surface area contributed by atoms with Crippen molar-refractivity contribution in [1.29, 1.82) is 0 Å². The molecule has 0 saturated carbocycles. The average Bonchev–Trinajstić information content (AvgIpc) is 2.99.